The molecule has 0 amide bonds. The molecule has 1 saturated heterocycles. The van der Waals surface area contributed by atoms with Crippen molar-refractivity contribution in [3.63, 3.8) is 0 Å². The summed E-state index contributed by atoms with van der Waals surface area (Å²) in [5, 5.41) is 9.14. The predicted molar refractivity (Wildman–Crippen MR) is 68.8 cm³/mol. The van der Waals surface area contributed by atoms with Gasteiger partial charge in [0.15, 0.2) is 0 Å². The molecule has 0 bridgehead atoms. The van der Waals surface area contributed by atoms with Crippen LogP contribution in [-0.4, -0.2) is 29.3 Å². The quantitative estimate of drug-likeness (QED) is 0.825. The summed E-state index contributed by atoms with van der Waals surface area (Å²) in [7, 11) is 0. The molecule has 0 saturated carbocycles. The summed E-state index contributed by atoms with van der Waals surface area (Å²) in [5.74, 6) is 0. The molecule has 94 valence electrons. The van der Waals surface area contributed by atoms with Gasteiger partial charge in [-0.25, -0.2) is 0 Å². The number of aliphatic hydroxyl groups excluding tert-OH is 1. The van der Waals surface area contributed by atoms with Gasteiger partial charge < -0.3 is 15.7 Å². The SMILES string of the molecule is NCc1ccncc1N1CCCCC1CCO. The van der Waals surface area contributed by atoms with Crippen LogP contribution in [0.5, 0.6) is 0 Å². The summed E-state index contributed by atoms with van der Waals surface area (Å²) in [4.78, 5) is 6.57. The molecular formula is C13H21N3O. The Morgan fingerprint density at radius 2 is 2.35 bits per heavy atom. The van der Waals surface area contributed by atoms with E-state index >= 15 is 0 Å². The second kappa shape index (κ2) is 5.98. The lowest BCUT2D eigenvalue weighted by molar-refractivity contribution is 0.262. The summed E-state index contributed by atoms with van der Waals surface area (Å²) in [6, 6.07) is 2.42. The van der Waals surface area contributed by atoms with Crippen molar-refractivity contribution in [2.75, 3.05) is 18.1 Å². The fourth-order valence-corrected chi connectivity index (χ4v) is 2.61. The van der Waals surface area contributed by atoms with E-state index in [0.29, 0.717) is 12.6 Å². The van der Waals surface area contributed by atoms with Crippen LogP contribution in [0, 0.1) is 0 Å². The van der Waals surface area contributed by atoms with E-state index < -0.39 is 0 Å². The third-order valence-corrected chi connectivity index (χ3v) is 3.51. The van der Waals surface area contributed by atoms with E-state index in [9.17, 15) is 0 Å². The van der Waals surface area contributed by atoms with Crippen molar-refractivity contribution in [3.8, 4) is 0 Å². The number of anilines is 1. The van der Waals surface area contributed by atoms with Gasteiger partial charge in [-0.2, -0.15) is 0 Å². The van der Waals surface area contributed by atoms with Gasteiger partial charge in [-0.1, -0.05) is 0 Å². The molecule has 1 aliphatic heterocycles. The largest absolute Gasteiger partial charge is 0.396 e. The molecular weight excluding hydrogens is 214 g/mol. The highest BCUT2D eigenvalue weighted by Gasteiger charge is 2.23. The average Bonchev–Trinajstić information content (AvgIpc) is 2.40. The zero-order valence-corrected chi connectivity index (χ0v) is 10.2. The Hall–Kier alpha value is -1.13. The van der Waals surface area contributed by atoms with Crippen LogP contribution in [-0.2, 0) is 6.54 Å². The number of aliphatic hydroxyl groups is 1. The van der Waals surface area contributed by atoms with Crippen molar-refractivity contribution in [2.24, 2.45) is 5.73 Å². The molecule has 3 N–H and O–H groups in total. The minimum atomic E-state index is 0.249. The lowest BCUT2D eigenvalue weighted by atomic mass is 9.98. The van der Waals surface area contributed by atoms with Crippen LogP contribution in [0.3, 0.4) is 0 Å². The van der Waals surface area contributed by atoms with E-state index in [0.717, 1.165) is 30.6 Å². The van der Waals surface area contributed by atoms with Crippen LogP contribution >= 0.6 is 0 Å². The van der Waals surface area contributed by atoms with Crippen LogP contribution < -0.4 is 10.6 Å². The van der Waals surface area contributed by atoms with Gasteiger partial charge in [-0.15, -0.1) is 0 Å². The molecule has 1 aliphatic rings. The number of hydrogen-bond acceptors (Lipinski definition) is 4. The van der Waals surface area contributed by atoms with E-state index in [1.807, 2.05) is 12.3 Å². The van der Waals surface area contributed by atoms with Crippen molar-refractivity contribution in [2.45, 2.75) is 38.3 Å². The number of nitrogens with zero attached hydrogens (tertiary/aromatic N) is 2. The van der Waals surface area contributed by atoms with Gasteiger partial charge in [-0.3, -0.25) is 4.98 Å². The smallest absolute Gasteiger partial charge is 0.0600 e. The maximum absolute atomic E-state index is 9.14. The third-order valence-electron chi connectivity index (χ3n) is 3.51. The first-order chi connectivity index (χ1) is 8.36. The number of nitrogens with two attached hydrogens (primary N) is 1. The van der Waals surface area contributed by atoms with Gasteiger partial charge >= 0.3 is 0 Å². The van der Waals surface area contributed by atoms with Crippen LogP contribution in [0.25, 0.3) is 0 Å². The molecule has 1 aromatic rings. The van der Waals surface area contributed by atoms with Gasteiger partial charge in [0.2, 0.25) is 0 Å². The van der Waals surface area contributed by atoms with Gasteiger partial charge in [0.25, 0.3) is 0 Å². The number of aromatic nitrogens is 1. The lowest BCUT2D eigenvalue weighted by Crippen LogP contribution is -2.40. The molecule has 4 nitrogen and oxygen atoms in total. The van der Waals surface area contributed by atoms with E-state index in [2.05, 4.69) is 9.88 Å². The van der Waals surface area contributed by atoms with Gasteiger partial charge in [-0.05, 0) is 37.3 Å². The van der Waals surface area contributed by atoms with Crippen molar-refractivity contribution >= 4 is 5.69 Å². The first-order valence-corrected chi connectivity index (χ1v) is 6.37. The van der Waals surface area contributed by atoms with Crippen molar-refractivity contribution in [1.82, 2.24) is 4.98 Å². The Morgan fingerprint density at radius 3 is 3.12 bits per heavy atom. The summed E-state index contributed by atoms with van der Waals surface area (Å²) < 4.78 is 0. The zero-order chi connectivity index (χ0) is 12.1. The van der Waals surface area contributed by atoms with E-state index in [1.54, 1.807) is 6.20 Å². The molecule has 17 heavy (non-hydrogen) atoms. The van der Waals surface area contributed by atoms with Gasteiger partial charge in [0, 0.05) is 31.9 Å². The molecule has 1 fully saturated rings. The maximum Gasteiger partial charge on any atom is 0.0600 e. The summed E-state index contributed by atoms with van der Waals surface area (Å²) >= 11 is 0. The number of piperidine rings is 1. The Bertz CT molecular complexity index is 354. The van der Waals surface area contributed by atoms with E-state index in [1.165, 1.54) is 12.8 Å². The van der Waals surface area contributed by atoms with Crippen molar-refractivity contribution in [1.29, 1.82) is 0 Å². The highest BCUT2D eigenvalue weighted by Crippen LogP contribution is 2.28. The third kappa shape index (κ3) is 2.76. The van der Waals surface area contributed by atoms with E-state index in [4.69, 9.17) is 10.8 Å². The molecule has 0 aliphatic carbocycles. The normalized spacial score (nSPS) is 20.6. The number of hydrogen-bond donors (Lipinski definition) is 2. The highest BCUT2D eigenvalue weighted by molar-refractivity contribution is 5.52. The molecule has 1 aromatic heterocycles. The fraction of sp³-hybridized carbons (Fsp3) is 0.615. The zero-order valence-electron chi connectivity index (χ0n) is 10.2. The van der Waals surface area contributed by atoms with Gasteiger partial charge in [0.05, 0.1) is 11.9 Å². The number of pyridine rings is 1. The topological polar surface area (TPSA) is 62.4 Å². The fourth-order valence-electron chi connectivity index (χ4n) is 2.61. The Kier molecular flexibility index (Phi) is 4.34. The Labute approximate surface area is 102 Å². The van der Waals surface area contributed by atoms with Crippen molar-refractivity contribution < 1.29 is 5.11 Å². The molecule has 0 aromatic carbocycles. The summed E-state index contributed by atoms with van der Waals surface area (Å²) in [5.41, 5.74) is 8.06. The Morgan fingerprint density at radius 1 is 1.47 bits per heavy atom. The van der Waals surface area contributed by atoms with Crippen LogP contribution in [0.15, 0.2) is 18.5 Å². The van der Waals surface area contributed by atoms with Crippen LogP contribution in [0.2, 0.25) is 0 Å². The molecule has 0 spiro atoms. The molecule has 2 rings (SSSR count). The molecule has 1 atom stereocenters. The summed E-state index contributed by atoms with van der Waals surface area (Å²) in [6.07, 6.45) is 8.13. The molecule has 0 radical (unpaired) electrons. The maximum atomic E-state index is 9.14. The summed E-state index contributed by atoms with van der Waals surface area (Å²) in [6.45, 7) is 1.84. The monoisotopic (exact) mass is 235 g/mol. The standard InChI is InChI=1S/C13H21N3O/c14-9-11-4-6-15-10-13(11)16-7-2-1-3-12(16)5-8-17/h4,6,10,12,17H,1-3,5,7-9,14H2. The molecule has 4 heteroatoms. The molecule has 1 unspecified atom stereocenters. The number of rotatable bonds is 4. The van der Waals surface area contributed by atoms with Crippen LogP contribution in [0.1, 0.15) is 31.2 Å². The first-order valence-electron chi connectivity index (χ1n) is 6.37. The van der Waals surface area contributed by atoms with E-state index in [-0.39, 0.29) is 6.61 Å². The van der Waals surface area contributed by atoms with Crippen LogP contribution in [0.4, 0.5) is 5.69 Å². The van der Waals surface area contributed by atoms with Crippen molar-refractivity contribution in [3.05, 3.63) is 24.0 Å². The Balaban J connectivity index is 2.22. The minimum Gasteiger partial charge on any atom is -0.396 e. The second-order valence-electron chi connectivity index (χ2n) is 4.56. The second-order valence-corrected chi connectivity index (χ2v) is 4.56. The molecule has 2 heterocycles. The first kappa shape index (κ1) is 12.3. The highest BCUT2D eigenvalue weighted by atomic mass is 16.3. The lowest BCUT2D eigenvalue weighted by Gasteiger charge is -2.38. The minimum absolute atomic E-state index is 0.249. The van der Waals surface area contributed by atoms with Gasteiger partial charge in [0.1, 0.15) is 0 Å². The predicted octanol–water partition coefficient (Wildman–Crippen LogP) is 1.28. The average molecular weight is 235 g/mol.